The molecule has 3 nitrogen and oxygen atoms in total. The average molecular weight is 253 g/mol. The molecule has 0 amide bonds. The van der Waals surface area contributed by atoms with Gasteiger partial charge < -0.3 is 14.9 Å². The number of nitrogens with two attached hydrogens (primary N) is 1. The predicted molar refractivity (Wildman–Crippen MR) is 74.9 cm³/mol. The summed E-state index contributed by atoms with van der Waals surface area (Å²) >= 11 is 0. The van der Waals surface area contributed by atoms with Gasteiger partial charge in [-0.25, -0.2) is 0 Å². The highest BCUT2D eigenvalue weighted by Crippen LogP contribution is 2.26. The van der Waals surface area contributed by atoms with Gasteiger partial charge in [0.15, 0.2) is 0 Å². The summed E-state index contributed by atoms with van der Waals surface area (Å²) in [6, 6.07) is 15.7. The van der Waals surface area contributed by atoms with E-state index in [4.69, 9.17) is 14.9 Å². The van der Waals surface area contributed by atoms with E-state index in [0.717, 1.165) is 27.8 Å². The lowest BCUT2D eigenvalue weighted by molar-refractivity contribution is 0.306. The number of benzene rings is 2. The molecule has 0 bridgehead atoms. The minimum absolute atomic E-state index is 0.480. The number of fused-ring (bicyclic) bond motifs is 1. The van der Waals surface area contributed by atoms with E-state index in [1.807, 2.05) is 48.5 Å². The lowest BCUT2D eigenvalue weighted by Gasteiger charge is -2.06. The quantitative estimate of drug-likeness (QED) is 0.774. The van der Waals surface area contributed by atoms with Crippen molar-refractivity contribution in [1.82, 2.24) is 0 Å². The Hall–Kier alpha value is -2.26. The monoisotopic (exact) mass is 253 g/mol. The number of ether oxygens (including phenoxy) is 1. The molecule has 0 saturated carbocycles. The summed E-state index contributed by atoms with van der Waals surface area (Å²) < 4.78 is 11.3. The van der Waals surface area contributed by atoms with Crippen LogP contribution in [0.3, 0.4) is 0 Å². The number of hydrogen-bond donors (Lipinski definition) is 1. The molecule has 1 aromatic heterocycles. The minimum Gasteiger partial charge on any atom is -0.489 e. The molecular weight excluding hydrogens is 238 g/mol. The fraction of sp³-hybridized carbons (Fsp3) is 0.125. The molecule has 96 valence electrons. The summed E-state index contributed by atoms with van der Waals surface area (Å²) in [7, 11) is 0. The van der Waals surface area contributed by atoms with Crippen LogP contribution in [0.25, 0.3) is 11.0 Å². The molecular formula is C16H15NO2. The second-order valence-corrected chi connectivity index (χ2v) is 4.36. The van der Waals surface area contributed by atoms with Gasteiger partial charge in [-0.1, -0.05) is 30.3 Å². The van der Waals surface area contributed by atoms with E-state index < -0.39 is 0 Å². The molecule has 0 spiro atoms. The largest absolute Gasteiger partial charge is 0.489 e. The Bertz CT molecular complexity index is 674. The first-order valence-electron chi connectivity index (χ1n) is 6.24. The Labute approximate surface area is 111 Å². The zero-order valence-corrected chi connectivity index (χ0v) is 10.5. The second-order valence-electron chi connectivity index (χ2n) is 4.36. The van der Waals surface area contributed by atoms with Crippen molar-refractivity contribution in [2.75, 3.05) is 0 Å². The molecule has 3 rings (SSSR count). The lowest BCUT2D eigenvalue weighted by Crippen LogP contribution is -1.99. The summed E-state index contributed by atoms with van der Waals surface area (Å²) in [4.78, 5) is 0. The number of para-hydroxylation sites is 1. The maximum atomic E-state index is 5.77. The van der Waals surface area contributed by atoms with E-state index in [2.05, 4.69) is 0 Å². The third-order valence-corrected chi connectivity index (χ3v) is 3.12. The zero-order chi connectivity index (χ0) is 13.1. The molecule has 0 saturated heterocycles. The summed E-state index contributed by atoms with van der Waals surface area (Å²) in [5, 5.41) is 1.07. The van der Waals surface area contributed by atoms with E-state index >= 15 is 0 Å². The molecule has 2 aromatic carbocycles. The van der Waals surface area contributed by atoms with E-state index in [9.17, 15) is 0 Å². The van der Waals surface area contributed by atoms with Gasteiger partial charge in [-0.05, 0) is 23.8 Å². The van der Waals surface area contributed by atoms with Crippen LogP contribution in [0, 0.1) is 0 Å². The highest BCUT2D eigenvalue weighted by atomic mass is 16.5. The van der Waals surface area contributed by atoms with Gasteiger partial charge in [0.1, 0.15) is 17.9 Å². The van der Waals surface area contributed by atoms with Crippen LogP contribution in [0.2, 0.25) is 0 Å². The molecule has 0 aliphatic rings. The molecule has 0 aliphatic carbocycles. The summed E-state index contributed by atoms with van der Waals surface area (Å²) in [6.45, 7) is 0.975. The number of rotatable bonds is 4. The van der Waals surface area contributed by atoms with Gasteiger partial charge in [0.25, 0.3) is 0 Å². The smallest absolute Gasteiger partial charge is 0.134 e. The fourth-order valence-electron chi connectivity index (χ4n) is 2.19. The highest BCUT2D eigenvalue weighted by Gasteiger charge is 2.10. The maximum Gasteiger partial charge on any atom is 0.134 e. The van der Waals surface area contributed by atoms with Gasteiger partial charge in [0.05, 0.1) is 6.26 Å². The molecule has 0 aliphatic heterocycles. The summed E-state index contributed by atoms with van der Waals surface area (Å²) in [5.41, 5.74) is 8.73. The fourth-order valence-corrected chi connectivity index (χ4v) is 2.19. The molecule has 2 N–H and O–H groups in total. The number of furan rings is 1. The molecule has 3 aromatic rings. The van der Waals surface area contributed by atoms with Crippen LogP contribution >= 0.6 is 0 Å². The van der Waals surface area contributed by atoms with Crippen molar-refractivity contribution < 1.29 is 9.15 Å². The third kappa shape index (κ3) is 2.33. The summed E-state index contributed by atoms with van der Waals surface area (Å²) in [6.07, 6.45) is 1.74. The van der Waals surface area contributed by atoms with Gasteiger partial charge in [-0.3, -0.25) is 0 Å². The highest BCUT2D eigenvalue weighted by molar-refractivity contribution is 5.84. The molecule has 0 radical (unpaired) electrons. The Morgan fingerprint density at radius 1 is 0.947 bits per heavy atom. The van der Waals surface area contributed by atoms with Crippen LogP contribution in [0.1, 0.15) is 11.1 Å². The first-order chi connectivity index (χ1) is 9.38. The minimum atomic E-state index is 0.480. The Morgan fingerprint density at radius 2 is 1.79 bits per heavy atom. The van der Waals surface area contributed by atoms with E-state index in [-0.39, 0.29) is 0 Å². The molecule has 3 heteroatoms. The van der Waals surface area contributed by atoms with Crippen LogP contribution in [-0.4, -0.2) is 0 Å². The van der Waals surface area contributed by atoms with Gasteiger partial charge in [-0.2, -0.15) is 0 Å². The molecule has 0 unspecified atom stereocenters. The first kappa shape index (κ1) is 11.8. The average Bonchev–Trinajstić information content (AvgIpc) is 2.89. The Balaban J connectivity index is 1.89. The van der Waals surface area contributed by atoms with Gasteiger partial charge >= 0.3 is 0 Å². The van der Waals surface area contributed by atoms with Crippen LogP contribution in [0.5, 0.6) is 5.75 Å². The van der Waals surface area contributed by atoms with Crippen molar-refractivity contribution >= 4 is 11.0 Å². The van der Waals surface area contributed by atoms with Crippen molar-refractivity contribution in [3.05, 3.63) is 65.9 Å². The third-order valence-electron chi connectivity index (χ3n) is 3.12. The predicted octanol–water partition coefficient (Wildman–Crippen LogP) is 3.47. The van der Waals surface area contributed by atoms with Crippen molar-refractivity contribution in [3.8, 4) is 5.75 Å². The Morgan fingerprint density at radius 3 is 2.58 bits per heavy atom. The van der Waals surface area contributed by atoms with Crippen molar-refractivity contribution in [2.24, 2.45) is 5.73 Å². The lowest BCUT2D eigenvalue weighted by atomic mass is 10.1. The van der Waals surface area contributed by atoms with Crippen molar-refractivity contribution in [2.45, 2.75) is 13.2 Å². The van der Waals surface area contributed by atoms with Crippen LogP contribution in [-0.2, 0) is 13.2 Å². The molecule has 19 heavy (non-hydrogen) atoms. The van der Waals surface area contributed by atoms with Crippen LogP contribution in [0.4, 0.5) is 0 Å². The van der Waals surface area contributed by atoms with Crippen molar-refractivity contribution in [3.63, 3.8) is 0 Å². The van der Waals surface area contributed by atoms with Gasteiger partial charge in [0, 0.05) is 17.5 Å². The maximum absolute atomic E-state index is 5.77. The number of hydrogen-bond acceptors (Lipinski definition) is 3. The SMILES string of the molecule is NCc1cccc2occ(COc3ccccc3)c12. The normalized spacial score (nSPS) is 10.8. The topological polar surface area (TPSA) is 48.4 Å². The summed E-state index contributed by atoms with van der Waals surface area (Å²) in [5.74, 6) is 0.849. The van der Waals surface area contributed by atoms with Crippen LogP contribution < -0.4 is 10.5 Å². The molecule has 1 heterocycles. The first-order valence-corrected chi connectivity index (χ1v) is 6.24. The zero-order valence-electron chi connectivity index (χ0n) is 10.5. The Kier molecular flexibility index (Phi) is 3.21. The van der Waals surface area contributed by atoms with Crippen molar-refractivity contribution in [1.29, 1.82) is 0 Å². The van der Waals surface area contributed by atoms with E-state index in [1.54, 1.807) is 6.26 Å². The van der Waals surface area contributed by atoms with E-state index in [0.29, 0.717) is 13.2 Å². The van der Waals surface area contributed by atoms with Crippen LogP contribution in [0.15, 0.2) is 59.2 Å². The van der Waals surface area contributed by atoms with Gasteiger partial charge in [0.2, 0.25) is 0 Å². The molecule has 0 atom stereocenters. The molecule has 0 fully saturated rings. The van der Waals surface area contributed by atoms with Gasteiger partial charge in [-0.15, -0.1) is 0 Å². The second kappa shape index (κ2) is 5.16. The standard InChI is InChI=1S/C16H15NO2/c17-9-12-5-4-8-15-16(12)13(11-19-15)10-18-14-6-2-1-3-7-14/h1-8,11H,9-10,17H2. The van der Waals surface area contributed by atoms with E-state index in [1.165, 1.54) is 0 Å².